The lowest BCUT2D eigenvalue weighted by atomic mass is 9.94. The fourth-order valence-corrected chi connectivity index (χ4v) is 3.00. The van der Waals surface area contributed by atoms with Gasteiger partial charge in [-0.1, -0.05) is 30.3 Å². The van der Waals surface area contributed by atoms with E-state index in [2.05, 4.69) is 53.8 Å². The second-order valence-corrected chi connectivity index (χ2v) is 5.04. The van der Waals surface area contributed by atoms with Crippen molar-refractivity contribution in [3.8, 4) is 0 Å². The predicted octanol–water partition coefficient (Wildman–Crippen LogP) is 4.35. The van der Waals surface area contributed by atoms with Crippen molar-refractivity contribution in [2.24, 2.45) is 0 Å². The summed E-state index contributed by atoms with van der Waals surface area (Å²) in [6, 6.07) is 17.7. The van der Waals surface area contributed by atoms with E-state index in [1.165, 1.54) is 45.6 Å². The number of nitrogens with one attached hydrogen (secondary N) is 1. The summed E-state index contributed by atoms with van der Waals surface area (Å²) in [7, 11) is 0. The Labute approximate surface area is 106 Å². The Morgan fingerprint density at radius 1 is 0.833 bits per heavy atom. The van der Waals surface area contributed by atoms with E-state index in [1.54, 1.807) is 0 Å². The molecule has 1 aliphatic heterocycles. The van der Waals surface area contributed by atoms with E-state index in [0.717, 1.165) is 6.54 Å². The highest BCUT2D eigenvalue weighted by Crippen LogP contribution is 2.32. The van der Waals surface area contributed by atoms with Crippen LogP contribution in [0.2, 0.25) is 0 Å². The van der Waals surface area contributed by atoms with Crippen molar-refractivity contribution in [2.45, 2.75) is 12.8 Å². The Morgan fingerprint density at radius 2 is 1.67 bits per heavy atom. The minimum absolute atomic E-state index is 1.10. The van der Waals surface area contributed by atoms with Crippen LogP contribution in [0.1, 0.15) is 12.0 Å². The normalized spacial score (nSPS) is 14.4. The smallest absolute Gasteiger partial charge is 0.0379 e. The molecule has 3 aromatic carbocycles. The van der Waals surface area contributed by atoms with Gasteiger partial charge in [-0.25, -0.2) is 0 Å². The number of benzene rings is 3. The van der Waals surface area contributed by atoms with Crippen LogP contribution in [-0.4, -0.2) is 6.54 Å². The van der Waals surface area contributed by atoms with Gasteiger partial charge in [0.05, 0.1) is 0 Å². The average molecular weight is 233 g/mol. The van der Waals surface area contributed by atoms with Crippen molar-refractivity contribution < 1.29 is 0 Å². The first-order valence-corrected chi connectivity index (χ1v) is 6.60. The molecule has 1 heterocycles. The van der Waals surface area contributed by atoms with E-state index < -0.39 is 0 Å². The van der Waals surface area contributed by atoms with Gasteiger partial charge in [-0.3, -0.25) is 0 Å². The van der Waals surface area contributed by atoms with Gasteiger partial charge in [-0.05, 0) is 58.1 Å². The monoisotopic (exact) mass is 233 g/mol. The zero-order valence-corrected chi connectivity index (χ0v) is 10.2. The highest BCUT2D eigenvalue weighted by molar-refractivity contribution is 6.01. The summed E-state index contributed by atoms with van der Waals surface area (Å²) in [4.78, 5) is 0. The molecule has 0 aromatic heterocycles. The van der Waals surface area contributed by atoms with Gasteiger partial charge in [-0.15, -0.1) is 0 Å². The second-order valence-electron chi connectivity index (χ2n) is 5.04. The van der Waals surface area contributed by atoms with E-state index in [4.69, 9.17) is 0 Å². The third kappa shape index (κ3) is 1.40. The molecule has 1 aliphatic rings. The Balaban J connectivity index is 2.11. The van der Waals surface area contributed by atoms with Gasteiger partial charge in [0.2, 0.25) is 0 Å². The summed E-state index contributed by atoms with van der Waals surface area (Å²) in [5.74, 6) is 0. The van der Waals surface area contributed by atoms with Crippen LogP contribution >= 0.6 is 0 Å². The highest BCUT2D eigenvalue weighted by atomic mass is 14.9. The van der Waals surface area contributed by atoms with Crippen molar-refractivity contribution in [2.75, 3.05) is 11.9 Å². The Kier molecular flexibility index (Phi) is 2.07. The summed E-state index contributed by atoms with van der Waals surface area (Å²) < 4.78 is 0. The first-order chi connectivity index (χ1) is 8.92. The van der Waals surface area contributed by atoms with Gasteiger partial charge in [-0.2, -0.15) is 0 Å². The van der Waals surface area contributed by atoms with Crippen LogP contribution in [0.3, 0.4) is 0 Å². The number of aryl methyl sites for hydroxylation is 1. The van der Waals surface area contributed by atoms with E-state index >= 15 is 0 Å². The maximum Gasteiger partial charge on any atom is 0.0379 e. The molecular formula is C17H15N. The van der Waals surface area contributed by atoms with E-state index in [0.29, 0.717) is 0 Å². The van der Waals surface area contributed by atoms with Gasteiger partial charge < -0.3 is 5.32 Å². The lowest BCUT2D eigenvalue weighted by Crippen LogP contribution is -2.11. The SMILES string of the molecule is c1ccc2cc3c4c(ccc3cc2c1)NCCC4. The fraction of sp³-hybridized carbons (Fsp3) is 0.176. The van der Waals surface area contributed by atoms with Crippen molar-refractivity contribution >= 4 is 27.2 Å². The number of rotatable bonds is 0. The lowest BCUT2D eigenvalue weighted by molar-refractivity contribution is 0.837. The molecule has 0 spiro atoms. The maximum absolute atomic E-state index is 3.50. The van der Waals surface area contributed by atoms with Gasteiger partial charge in [0.1, 0.15) is 0 Å². The minimum Gasteiger partial charge on any atom is -0.385 e. The summed E-state index contributed by atoms with van der Waals surface area (Å²) >= 11 is 0. The first kappa shape index (κ1) is 9.95. The van der Waals surface area contributed by atoms with Gasteiger partial charge in [0.15, 0.2) is 0 Å². The van der Waals surface area contributed by atoms with Crippen molar-refractivity contribution in [3.63, 3.8) is 0 Å². The van der Waals surface area contributed by atoms with Gasteiger partial charge in [0, 0.05) is 12.2 Å². The summed E-state index contributed by atoms with van der Waals surface area (Å²) in [5, 5.41) is 8.94. The molecule has 4 rings (SSSR count). The maximum atomic E-state index is 3.50. The molecule has 0 aliphatic carbocycles. The van der Waals surface area contributed by atoms with E-state index in [1.807, 2.05) is 0 Å². The highest BCUT2D eigenvalue weighted by Gasteiger charge is 2.12. The van der Waals surface area contributed by atoms with Crippen LogP contribution in [0.25, 0.3) is 21.5 Å². The molecule has 18 heavy (non-hydrogen) atoms. The summed E-state index contributed by atoms with van der Waals surface area (Å²) in [6.45, 7) is 1.10. The number of anilines is 1. The first-order valence-electron chi connectivity index (χ1n) is 6.60. The number of hydrogen-bond acceptors (Lipinski definition) is 1. The minimum atomic E-state index is 1.10. The van der Waals surface area contributed by atoms with Gasteiger partial charge >= 0.3 is 0 Å². The molecular weight excluding hydrogens is 218 g/mol. The van der Waals surface area contributed by atoms with Crippen LogP contribution in [0, 0.1) is 0 Å². The molecule has 0 radical (unpaired) electrons. The molecule has 0 saturated heterocycles. The van der Waals surface area contributed by atoms with Crippen LogP contribution in [0.5, 0.6) is 0 Å². The largest absolute Gasteiger partial charge is 0.385 e. The van der Waals surface area contributed by atoms with Crippen LogP contribution in [0.4, 0.5) is 5.69 Å². The lowest BCUT2D eigenvalue weighted by Gasteiger charge is -2.20. The molecule has 88 valence electrons. The second kappa shape index (κ2) is 3.74. The molecule has 0 bridgehead atoms. The molecule has 1 heteroatoms. The zero-order valence-electron chi connectivity index (χ0n) is 10.2. The number of fused-ring (bicyclic) bond motifs is 4. The number of hydrogen-bond donors (Lipinski definition) is 1. The van der Waals surface area contributed by atoms with E-state index in [-0.39, 0.29) is 0 Å². The quantitative estimate of drug-likeness (QED) is 0.569. The molecule has 0 amide bonds. The Morgan fingerprint density at radius 3 is 2.56 bits per heavy atom. The third-order valence-corrected chi connectivity index (χ3v) is 3.92. The average Bonchev–Trinajstić information content (AvgIpc) is 2.45. The topological polar surface area (TPSA) is 12.0 Å². The summed E-state index contributed by atoms with van der Waals surface area (Å²) in [6.07, 6.45) is 2.43. The zero-order chi connectivity index (χ0) is 11.9. The summed E-state index contributed by atoms with van der Waals surface area (Å²) in [5.41, 5.74) is 2.81. The van der Waals surface area contributed by atoms with Crippen LogP contribution in [-0.2, 0) is 6.42 Å². The Bertz CT molecular complexity index is 743. The molecule has 1 N–H and O–H groups in total. The van der Waals surface area contributed by atoms with Crippen molar-refractivity contribution in [1.29, 1.82) is 0 Å². The molecule has 0 atom stereocenters. The third-order valence-electron chi connectivity index (χ3n) is 3.92. The van der Waals surface area contributed by atoms with E-state index in [9.17, 15) is 0 Å². The molecule has 0 fully saturated rings. The van der Waals surface area contributed by atoms with Crippen molar-refractivity contribution in [3.05, 3.63) is 54.1 Å². The fourth-order valence-electron chi connectivity index (χ4n) is 3.00. The van der Waals surface area contributed by atoms with Crippen LogP contribution < -0.4 is 5.32 Å². The van der Waals surface area contributed by atoms with Crippen LogP contribution in [0.15, 0.2) is 48.5 Å². The predicted molar refractivity (Wildman–Crippen MR) is 78.3 cm³/mol. The molecule has 0 unspecified atom stereocenters. The molecule has 1 nitrogen and oxygen atoms in total. The molecule has 3 aromatic rings. The standard InChI is InChI=1S/C17H15N/c1-2-5-13-11-16-14(10-12(13)4-1)7-8-17-15(16)6-3-9-18-17/h1-2,4-5,7-8,10-11,18H,3,6,9H2. The van der Waals surface area contributed by atoms with Crippen molar-refractivity contribution in [1.82, 2.24) is 0 Å². The molecule has 0 saturated carbocycles. The Hall–Kier alpha value is -2.02. The van der Waals surface area contributed by atoms with Gasteiger partial charge in [0.25, 0.3) is 0 Å².